The molecule has 0 aromatic heterocycles. The number of rotatable bonds is 3. The first kappa shape index (κ1) is 15.6. The van der Waals surface area contributed by atoms with E-state index in [-0.39, 0.29) is 23.8 Å². The van der Waals surface area contributed by atoms with Crippen molar-refractivity contribution in [2.45, 2.75) is 63.0 Å². The first-order valence-corrected chi connectivity index (χ1v) is 10.4. The Hall–Kier alpha value is -1.39. The number of hydrogen-bond donors (Lipinski definition) is 1. The number of fused-ring (bicyclic) bond motifs is 2. The maximum absolute atomic E-state index is 13.5. The molecule has 138 valence electrons. The van der Waals surface area contributed by atoms with Gasteiger partial charge in [0.1, 0.15) is 0 Å². The molecule has 4 nitrogen and oxygen atoms in total. The smallest absolute Gasteiger partial charge is 0.229 e. The minimum absolute atomic E-state index is 0.0145. The van der Waals surface area contributed by atoms with Crippen molar-refractivity contribution in [3.05, 3.63) is 35.9 Å². The lowest BCUT2D eigenvalue weighted by molar-refractivity contribution is -0.203. The third kappa shape index (κ3) is 1.75. The standard InChI is InChI=1S/C22H27NO3/c24-19-15-11-16-18-17(15)21(25)23(12-13-7-3-1-4-8-13)22(18,26-20(16)19)14-9-5-2-6-10-14/h1,3-4,7-8,14-20,24H,2,5-6,9-12H2. The van der Waals surface area contributed by atoms with Crippen molar-refractivity contribution in [1.29, 1.82) is 0 Å². The van der Waals surface area contributed by atoms with Crippen molar-refractivity contribution in [1.82, 2.24) is 4.90 Å². The molecule has 4 heteroatoms. The summed E-state index contributed by atoms with van der Waals surface area (Å²) in [6.07, 6.45) is 6.59. The SMILES string of the molecule is O=C1C2C3CC4C(OC(C5CCCCC5)(C42)N1Cc1ccccc1)C3O. The summed E-state index contributed by atoms with van der Waals surface area (Å²) in [6, 6.07) is 10.3. The van der Waals surface area contributed by atoms with Crippen LogP contribution in [0.3, 0.4) is 0 Å². The molecule has 6 rings (SSSR count). The maximum atomic E-state index is 13.5. The molecule has 1 N–H and O–H groups in total. The molecule has 7 atom stereocenters. The van der Waals surface area contributed by atoms with E-state index in [1.807, 2.05) is 18.2 Å². The maximum Gasteiger partial charge on any atom is 0.229 e. The van der Waals surface area contributed by atoms with Crippen LogP contribution in [0.1, 0.15) is 44.1 Å². The Balaban J connectivity index is 1.45. The second-order valence-electron chi connectivity index (χ2n) is 9.18. The minimum Gasteiger partial charge on any atom is -0.390 e. The minimum atomic E-state index is -0.459. The zero-order valence-electron chi connectivity index (χ0n) is 15.1. The van der Waals surface area contributed by atoms with Crippen LogP contribution in [0.5, 0.6) is 0 Å². The lowest BCUT2D eigenvalue weighted by Crippen LogP contribution is -2.55. The van der Waals surface area contributed by atoms with Crippen LogP contribution in [-0.4, -0.2) is 33.8 Å². The molecule has 1 aromatic carbocycles. The average Bonchev–Trinajstić information content (AvgIpc) is 3.35. The second-order valence-corrected chi connectivity index (χ2v) is 9.18. The zero-order chi connectivity index (χ0) is 17.5. The lowest BCUT2D eigenvalue weighted by Gasteiger charge is -2.46. The van der Waals surface area contributed by atoms with Gasteiger partial charge in [-0.2, -0.15) is 0 Å². The number of aliphatic hydroxyl groups excluding tert-OH is 1. The van der Waals surface area contributed by atoms with Crippen LogP contribution >= 0.6 is 0 Å². The van der Waals surface area contributed by atoms with E-state index in [0.717, 1.165) is 19.3 Å². The Morgan fingerprint density at radius 2 is 1.88 bits per heavy atom. The summed E-state index contributed by atoms with van der Waals surface area (Å²) in [6.45, 7) is 0.644. The monoisotopic (exact) mass is 353 g/mol. The fourth-order valence-electron chi connectivity index (χ4n) is 7.35. The van der Waals surface area contributed by atoms with Gasteiger partial charge >= 0.3 is 0 Å². The number of amides is 1. The van der Waals surface area contributed by atoms with Crippen LogP contribution in [0.4, 0.5) is 0 Å². The highest BCUT2D eigenvalue weighted by molar-refractivity contribution is 5.84. The molecule has 3 aliphatic carbocycles. The molecule has 7 unspecified atom stereocenters. The van der Waals surface area contributed by atoms with Crippen molar-refractivity contribution in [2.75, 3.05) is 0 Å². The van der Waals surface area contributed by atoms with Gasteiger partial charge in [0.2, 0.25) is 5.91 Å². The van der Waals surface area contributed by atoms with Gasteiger partial charge in [-0.1, -0.05) is 49.6 Å². The summed E-state index contributed by atoms with van der Waals surface area (Å²) < 4.78 is 6.78. The first-order chi connectivity index (χ1) is 12.7. The predicted molar refractivity (Wildman–Crippen MR) is 95.8 cm³/mol. The van der Waals surface area contributed by atoms with Gasteiger partial charge in [-0.3, -0.25) is 4.79 Å². The van der Waals surface area contributed by atoms with E-state index in [2.05, 4.69) is 17.0 Å². The van der Waals surface area contributed by atoms with E-state index in [4.69, 9.17) is 4.74 Å². The average molecular weight is 353 g/mol. The number of nitrogens with zero attached hydrogens (tertiary/aromatic N) is 1. The van der Waals surface area contributed by atoms with Crippen molar-refractivity contribution in [3.8, 4) is 0 Å². The number of ether oxygens (including phenoxy) is 1. The van der Waals surface area contributed by atoms with Crippen molar-refractivity contribution >= 4 is 5.91 Å². The van der Waals surface area contributed by atoms with Crippen molar-refractivity contribution < 1.29 is 14.6 Å². The molecule has 2 saturated heterocycles. The number of aliphatic hydroxyl groups is 1. The van der Waals surface area contributed by atoms with E-state index in [9.17, 15) is 9.90 Å². The largest absolute Gasteiger partial charge is 0.390 e. The molecule has 1 aromatic rings. The number of benzene rings is 1. The van der Waals surface area contributed by atoms with Gasteiger partial charge in [0, 0.05) is 18.4 Å². The van der Waals surface area contributed by atoms with Gasteiger partial charge in [0.25, 0.3) is 0 Å². The quantitative estimate of drug-likeness (QED) is 0.909. The second kappa shape index (κ2) is 5.32. The first-order valence-electron chi connectivity index (χ1n) is 10.4. The van der Waals surface area contributed by atoms with Crippen LogP contribution < -0.4 is 0 Å². The fourth-order valence-corrected chi connectivity index (χ4v) is 7.35. The van der Waals surface area contributed by atoms with Gasteiger partial charge in [-0.15, -0.1) is 0 Å². The Kier molecular flexibility index (Phi) is 3.20. The van der Waals surface area contributed by atoms with Crippen LogP contribution in [0.15, 0.2) is 30.3 Å². The topological polar surface area (TPSA) is 49.8 Å². The highest BCUT2D eigenvalue weighted by Crippen LogP contribution is 2.70. The van der Waals surface area contributed by atoms with E-state index in [1.165, 1.54) is 24.8 Å². The Bertz CT molecular complexity index is 730. The Morgan fingerprint density at radius 3 is 2.65 bits per heavy atom. The summed E-state index contributed by atoms with van der Waals surface area (Å²) in [7, 11) is 0. The fraction of sp³-hybridized carbons (Fsp3) is 0.682. The molecule has 5 aliphatic rings. The van der Waals surface area contributed by atoms with Crippen LogP contribution in [-0.2, 0) is 16.1 Å². The zero-order valence-corrected chi connectivity index (χ0v) is 15.1. The van der Waals surface area contributed by atoms with Crippen LogP contribution in [0, 0.1) is 29.6 Å². The molecule has 5 fully saturated rings. The van der Waals surface area contributed by atoms with Gasteiger partial charge in [-0.05, 0) is 36.7 Å². The number of carbonyl (C=O) groups is 1. The highest BCUT2D eigenvalue weighted by Gasteiger charge is 2.79. The molecular formula is C22H27NO3. The molecule has 2 heterocycles. The van der Waals surface area contributed by atoms with Gasteiger partial charge in [-0.25, -0.2) is 0 Å². The Morgan fingerprint density at radius 1 is 1.12 bits per heavy atom. The summed E-state index contributed by atoms with van der Waals surface area (Å²) in [4.78, 5) is 15.7. The molecule has 3 saturated carbocycles. The van der Waals surface area contributed by atoms with Crippen molar-refractivity contribution in [3.63, 3.8) is 0 Å². The third-order valence-electron chi connectivity index (χ3n) is 8.20. The van der Waals surface area contributed by atoms with Crippen molar-refractivity contribution in [2.24, 2.45) is 29.6 Å². The van der Waals surface area contributed by atoms with Gasteiger partial charge in [0.05, 0.1) is 18.1 Å². The Labute approximate surface area is 154 Å². The molecule has 26 heavy (non-hydrogen) atoms. The van der Waals surface area contributed by atoms with Crippen LogP contribution in [0.25, 0.3) is 0 Å². The summed E-state index contributed by atoms with van der Waals surface area (Å²) >= 11 is 0. The van der Waals surface area contributed by atoms with E-state index < -0.39 is 11.8 Å². The lowest BCUT2D eigenvalue weighted by atomic mass is 9.70. The molecule has 0 spiro atoms. The molecule has 1 amide bonds. The number of hydrogen-bond acceptors (Lipinski definition) is 3. The van der Waals surface area contributed by atoms with Crippen LogP contribution in [0.2, 0.25) is 0 Å². The number of likely N-dealkylation sites (tertiary alicyclic amines) is 1. The molecule has 0 radical (unpaired) electrons. The molecule has 2 bridgehead atoms. The molecule has 2 aliphatic heterocycles. The number of carbonyl (C=O) groups excluding carboxylic acids is 1. The van der Waals surface area contributed by atoms with Gasteiger partial charge < -0.3 is 14.7 Å². The molecular weight excluding hydrogens is 326 g/mol. The summed E-state index contributed by atoms with van der Waals surface area (Å²) in [5.74, 6) is 1.46. The van der Waals surface area contributed by atoms with E-state index in [0.29, 0.717) is 24.3 Å². The highest BCUT2D eigenvalue weighted by atomic mass is 16.6. The van der Waals surface area contributed by atoms with Gasteiger partial charge in [0.15, 0.2) is 5.72 Å². The van der Waals surface area contributed by atoms with E-state index >= 15 is 0 Å². The summed E-state index contributed by atoms with van der Waals surface area (Å²) in [5.41, 5.74) is 0.719. The summed E-state index contributed by atoms with van der Waals surface area (Å²) in [5, 5.41) is 10.7. The third-order valence-corrected chi connectivity index (χ3v) is 8.20. The van der Waals surface area contributed by atoms with E-state index in [1.54, 1.807) is 0 Å². The predicted octanol–water partition coefficient (Wildman–Crippen LogP) is 2.95. The normalized spacial score (nSPS) is 46.5.